The lowest BCUT2D eigenvalue weighted by Gasteiger charge is -2.07. The molecule has 1 heteroatoms. The predicted octanol–water partition coefficient (Wildman–Crippen LogP) is 1.91. The van der Waals surface area contributed by atoms with Crippen molar-refractivity contribution in [2.45, 2.75) is 5.66 Å². The smallest absolute Gasteiger partial charge is 0.0160 e. The highest BCUT2D eigenvalue weighted by Crippen LogP contribution is 2.16. The van der Waals surface area contributed by atoms with E-state index in [1.54, 1.807) is 0 Å². The zero-order valence-corrected chi connectivity index (χ0v) is 5.83. The van der Waals surface area contributed by atoms with Crippen LogP contribution in [0.25, 0.3) is 0 Å². The van der Waals surface area contributed by atoms with E-state index in [-0.39, 0.29) is 0 Å². The molecule has 0 amide bonds. The molecule has 0 saturated heterocycles. The van der Waals surface area contributed by atoms with Crippen molar-refractivity contribution in [3.05, 3.63) is 36.5 Å². The largest absolute Gasteiger partial charge is 0.126 e. The first-order valence-corrected chi connectivity index (χ1v) is 3.26. The standard InChI is InChI=1S/C7H9P/c1-6-4-2-3-5-7(6)8/h2-5,7H,1,8H2/t7-/m0/s1. The van der Waals surface area contributed by atoms with Gasteiger partial charge in [-0.05, 0) is 5.57 Å². The van der Waals surface area contributed by atoms with Gasteiger partial charge in [0.1, 0.15) is 0 Å². The van der Waals surface area contributed by atoms with Gasteiger partial charge in [0.25, 0.3) is 0 Å². The van der Waals surface area contributed by atoms with Crippen LogP contribution in [-0.4, -0.2) is 5.66 Å². The maximum absolute atomic E-state index is 3.84. The molecule has 0 fully saturated rings. The molecule has 0 nitrogen and oxygen atoms in total. The van der Waals surface area contributed by atoms with E-state index in [0.717, 1.165) is 5.57 Å². The molecule has 0 aliphatic heterocycles. The van der Waals surface area contributed by atoms with Crippen molar-refractivity contribution < 1.29 is 0 Å². The van der Waals surface area contributed by atoms with E-state index in [1.807, 2.05) is 18.2 Å². The van der Waals surface area contributed by atoms with Gasteiger partial charge in [-0.2, -0.15) is 0 Å². The van der Waals surface area contributed by atoms with Gasteiger partial charge in [-0.15, -0.1) is 9.24 Å². The van der Waals surface area contributed by atoms with Gasteiger partial charge in [-0.3, -0.25) is 0 Å². The van der Waals surface area contributed by atoms with Gasteiger partial charge in [-0.25, -0.2) is 0 Å². The molecule has 8 heavy (non-hydrogen) atoms. The minimum atomic E-state index is 0.458. The van der Waals surface area contributed by atoms with Gasteiger partial charge in [-0.1, -0.05) is 30.9 Å². The molecule has 42 valence electrons. The molecule has 0 radical (unpaired) electrons. The molecule has 1 aliphatic rings. The Morgan fingerprint density at radius 2 is 2.25 bits per heavy atom. The Morgan fingerprint density at radius 1 is 1.50 bits per heavy atom. The summed E-state index contributed by atoms with van der Waals surface area (Å²) in [6.07, 6.45) is 8.17. The first-order valence-electron chi connectivity index (χ1n) is 2.60. The fourth-order valence-corrected chi connectivity index (χ4v) is 0.837. The van der Waals surface area contributed by atoms with Crippen LogP contribution in [0.3, 0.4) is 0 Å². The van der Waals surface area contributed by atoms with E-state index >= 15 is 0 Å². The Hall–Kier alpha value is -0.350. The zero-order chi connectivity index (χ0) is 5.98. The summed E-state index contributed by atoms with van der Waals surface area (Å²) in [5, 5.41) is 0. The van der Waals surface area contributed by atoms with Crippen molar-refractivity contribution in [3.63, 3.8) is 0 Å². The summed E-state index contributed by atoms with van der Waals surface area (Å²) in [5.74, 6) is 0. The van der Waals surface area contributed by atoms with Gasteiger partial charge in [0.05, 0.1) is 0 Å². The van der Waals surface area contributed by atoms with Crippen LogP contribution in [0.2, 0.25) is 0 Å². The third-order valence-electron chi connectivity index (χ3n) is 1.17. The molecule has 1 rings (SSSR count). The second-order valence-corrected chi connectivity index (χ2v) is 2.56. The molecule has 1 aliphatic carbocycles. The summed E-state index contributed by atoms with van der Waals surface area (Å²) in [4.78, 5) is 0. The summed E-state index contributed by atoms with van der Waals surface area (Å²) in [6.45, 7) is 3.84. The minimum absolute atomic E-state index is 0.458. The summed E-state index contributed by atoms with van der Waals surface area (Å²) in [7, 11) is 2.71. The lowest BCUT2D eigenvalue weighted by Crippen LogP contribution is -1.95. The maximum atomic E-state index is 3.84. The Labute approximate surface area is 52.2 Å². The highest BCUT2D eigenvalue weighted by Gasteiger charge is 1.99. The monoisotopic (exact) mass is 124 g/mol. The van der Waals surface area contributed by atoms with E-state index in [4.69, 9.17) is 0 Å². The van der Waals surface area contributed by atoms with Crippen molar-refractivity contribution in [1.82, 2.24) is 0 Å². The number of hydrogen-bond donors (Lipinski definition) is 0. The van der Waals surface area contributed by atoms with E-state index in [0.29, 0.717) is 5.66 Å². The summed E-state index contributed by atoms with van der Waals surface area (Å²) in [6, 6.07) is 0. The molecule has 0 aromatic carbocycles. The average molecular weight is 124 g/mol. The van der Waals surface area contributed by atoms with Gasteiger partial charge in [0.2, 0.25) is 0 Å². The first kappa shape index (κ1) is 5.78. The molecule has 2 atom stereocenters. The molecule has 0 N–H and O–H groups in total. The van der Waals surface area contributed by atoms with E-state index in [9.17, 15) is 0 Å². The van der Waals surface area contributed by atoms with E-state index in [2.05, 4.69) is 21.9 Å². The van der Waals surface area contributed by atoms with Gasteiger partial charge in [0.15, 0.2) is 0 Å². The lowest BCUT2D eigenvalue weighted by molar-refractivity contribution is 1.30. The molecule has 0 bridgehead atoms. The third kappa shape index (κ3) is 1.08. The fraction of sp³-hybridized carbons (Fsp3) is 0.143. The molecule has 0 heterocycles. The number of rotatable bonds is 0. The van der Waals surface area contributed by atoms with Crippen LogP contribution in [0.1, 0.15) is 0 Å². The Bertz CT molecular complexity index is 154. The molecule has 1 unspecified atom stereocenters. The lowest BCUT2D eigenvalue weighted by atomic mass is 10.1. The fourth-order valence-electron chi connectivity index (χ4n) is 0.598. The molecule has 0 aromatic rings. The van der Waals surface area contributed by atoms with Gasteiger partial charge >= 0.3 is 0 Å². The highest BCUT2D eigenvalue weighted by molar-refractivity contribution is 7.18. The molecular weight excluding hydrogens is 115 g/mol. The number of hydrogen-bond acceptors (Lipinski definition) is 0. The zero-order valence-electron chi connectivity index (χ0n) is 4.67. The molecule has 0 spiro atoms. The van der Waals surface area contributed by atoms with Crippen LogP contribution in [-0.2, 0) is 0 Å². The van der Waals surface area contributed by atoms with Crippen LogP contribution >= 0.6 is 9.24 Å². The Morgan fingerprint density at radius 3 is 2.62 bits per heavy atom. The van der Waals surface area contributed by atoms with Gasteiger partial charge < -0.3 is 0 Å². The normalized spacial score (nSPS) is 26.6. The van der Waals surface area contributed by atoms with Crippen LogP contribution in [0, 0.1) is 0 Å². The Kier molecular flexibility index (Phi) is 1.65. The Balaban J connectivity index is 2.74. The maximum Gasteiger partial charge on any atom is 0.0160 e. The minimum Gasteiger partial charge on any atom is -0.126 e. The quantitative estimate of drug-likeness (QED) is 0.433. The summed E-state index contributed by atoms with van der Waals surface area (Å²) in [5.41, 5.74) is 1.62. The van der Waals surface area contributed by atoms with Crippen molar-refractivity contribution >= 4 is 9.24 Å². The summed E-state index contributed by atoms with van der Waals surface area (Å²) >= 11 is 0. The van der Waals surface area contributed by atoms with Crippen LogP contribution < -0.4 is 0 Å². The second kappa shape index (κ2) is 2.28. The summed E-state index contributed by atoms with van der Waals surface area (Å²) < 4.78 is 0. The van der Waals surface area contributed by atoms with Gasteiger partial charge in [0, 0.05) is 5.66 Å². The van der Waals surface area contributed by atoms with E-state index in [1.165, 1.54) is 0 Å². The van der Waals surface area contributed by atoms with Crippen molar-refractivity contribution in [2.75, 3.05) is 0 Å². The molecule has 0 saturated carbocycles. The number of allylic oxidation sites excluding steroid dienone is 5. The van der Waals surface area contributed by atoms with E-state index < -0.39 is 0 Å². The third-order valence-corrected chi connectivity index (χ3v) is 1.82. The first-order chi connectivity index (χ1) is 3.80. The average Bonchev–Trinajstić information content (AvgIpc) is 1.77. The van der Waals surface area contributed by atoms with Crippen LogP contribution in [0.15, 0.2) is 36.5 Å². The second-order valence-electron chi connectivity index (χ2n) is 1.84. The van der Waals surface area contributed by atoms with Crippen molar-refractivity contribution in [3.8, 4) is 0 Å². The van der Waals surface area contributed by atoms with Crippen LogP contribution in [0.5, 0.6) is 0 Å². The topological polar surface area (TPSA) is 0 Å². The highest BCUT2D eigenvalue weighted by atomic mass is 31.0. The molecular formula is C7H9P. The van der Waals surface area contributed by atoms with Crippen molar-refractivity contribution in [1.29, 1.82) is 0 Å². The van der Waals surface area contributed by atoms with Crippen molar-refractivity contribution in [2.24, 2.45) is 0 Å². The SMILES string of the molecule is C=C1C=CC=C[C@@H]1P. The predicted molar refractivity (Wildman–Crippen MR) is 40.9 cm³/mol. The molecule has 0 aromatic heterocycles. The van der Waals surface area contributed by atoms with Crippen LogP contribution in [0.4, 0.5) is 0 Å².